The third-order valence-corrected chi connectivity index (χ3v) is 4.87. The second-order valence-electron chi connectivity index (χ2n) is 7.06. The van der Waals surface area contributed by atoms with Gasteiger partial charge in [0.25, 0.3) is 0 Å². The van der Waals surface area contributed by atoms with Crippen molar-refractivity contribution in [3.05, 3.63) is 30.2 Å². The van der Waals surface area contributed by atoms with Crippen molar-refractivity contribution < 1.29 is 14.6 Å². The Morgan fingerprint density at radius 1 is 1.23 bits per heavy atom. The van der Waals surface area contributed by atoms with Crippen molar-refractivity contribution in [2.24, 2.45) is 5.92 Å². The fourth-order valence-corrected chi connectivity index (χ4v) is 3.45. The molecular weight excluding hydrogens is 334 g/mol. The monoisotopic (exact) mass is 355 g/mol. The number of nitrogens with zero attached hydrogens (tertiary/aromatic N) is 5. The zero-order chi connectivity index (χ0) is 18.5. The fourth-order valence-electron chi connectivity index (χ4n) is 3.45. The van der Waals surface area contributed by atoms with Gasteiger partial charge in [0.15, 0.2) is 5.65 Å². The van der Waals surface area contributed by atoms with Gasteiger partial charge in [0.1, 0.15) is 0 Å². The number of hydrogen-bond donors (Lipinski definition) is 1. The van der Waals surface area contributed by atoms with Crippen LogP contribution in [0, 0.1) is 5.92 Å². The Morgan fingerprint density at radius 2 is 2.04 bits per heavy atom. The van der Waals surface area contributed by atoms with Crippen molar-refractivity contribution >= 4 is 5.65 Å². The smallest absolute Gasteiger partial charge is 0.319 e. The van der Waals surface area contributed by atoms with Gasteiger partial charge in [-0.1, -0.05) is 0 Å². The first-order chi connectivity index (χ1) is 12.4. The Hall–Kier alpha value is -2.74. The standard InChI is InChI=1S/C18H21N5O3/c1-18(2,24)13-7-10(13)11-8-14(22-23-6-5-19-15(11)23)12-9-20-17(26-4)21-16(12)25-3/h5-6,8-10,13,24H,7H2,1-4H3/t10-,13+/m1/s1. The number of hydrogen-bond acceptors (Lipinski definition) is 7. The first-order valence-electron chi connectivity index (χ1n) is 8.44. The molecule has 0 spiro atoms. The lowest BCUT2D eigenvalue weighted by atomic mass is 9.98. The van der Waals surface area contributed by atoms with Crippen LogP contribution in [0.4, 0.5) is 0 Å². The Balaban J connectivity index is 1.83. The van der Waals surface area contributed by atoms with Crippen molar-refractivity contribution in [2.45, 2.75) is 31.8 Å². The predicted octanol–water partition coefficient (Wildman–Crippen LogP) is 2.08. The Morgan fingerprint density at radius 3 is 2.69 bits per heavy atom. The summed E-state index contributed by atoms with van der Waals surface area (Å²) in [6.45, 7) is 3.70. The zero-order valence-corrected chi connectivity index (χ0v) is 15.2. The molecule has 3 aromatic heterocycles. The first-order valence-corrected chi connectivity index (χ1v) is 8.44. The molecule has 0 aromatic carbocycles. The molecule has 4 rings (SSSR count). The summed E-state index contributed by atoms with van der Waals surface area (Å²) in [7, 11) is 3.05. The third kappa shape index (κ3) is 2.76. The molecule has 2 atom stereocenters. The average molecular weight is 355 g/mol. The lowest BCUT2D eigenvalue weighted by Crippen LogP contribution is -2.22. The quantitative estimate of drug-likeness (QED) is 0.748. The Bertz CT molecular complexity index is 963. The van der Waals surface area contributed by atoms with E-state index >= 15 is 0 Å². The maximum Gasteiger partial charge on any atom is 0.319 e. The normalized spacial score (nSPS) is 19.6. The van der Waals surface area contributed by atoms with Crippen molar-refractivity contribution in [2.75, 3.05) is 14.2 Å². The molecule has 3 aromatic rings. The summed E-state index contributed by atoms with van der Waals surface area (Å²) in [5.41, 5.74) is 2.50. The van der Waals surface area contributed by atoms with Crippen molar-refractivity contribution in [1.82, 2.24) is 24.6 Å². The van der Waals surface area contributed by atoms with Crippen LogP contribution in [0.2, 0.25) is 0 Å². The van der Waals surface area contributed by atoms with Crippen LogP contribution in [-0.4, -0.2) is 49.5 Å². The van der Waals surface area contributed by atoms with Crippen LogP contribution in [0.1, 0.15) is 31.7 Å². The zero-order valence-electron chi connectivity index (χ0n) is 15.2. The van der Waals surface area contributed by atoms with Crippen LogP contribution in [0.15, 0.2) is 24.7 Å². The Labute approximate surface area is 150 Å². The molecule has 1 N–H and O–H groups in total. The van der Waals surface area contributed by atoms with Gasteiger partial charge >= 0.3 is 6.01 Å². The van der Waals surface area contributed by atoms with E-state index in [4.69, 9.17) is 9.47 Å². The maximum absolute atomic E-state index is 10.3. The molecule has 136 valence electrons. The summed E-state index contributed by atoms with van der Waals surface area (Å²) in [4.78, 5) is 12.9. The minimum atomic E-state index is -0.724. The molecular formula is C18H21N5O3. The van der Waals surface area contributed by atoms with Gasteiger partial charge in [-0.2, -0.15) is 10.1 Å². The van der Waals surface area contributed by atoms with Crippen LogP contribution in [0.25, 0.3) is 16.9 Å². The van der Waals surface area contributed by atoms with E-state index < -0.39 is 5.60 Å². The van der Waals surface area contributed by atoms with E-state index in [1.807, 2.05) is 19.9 Å². The van der Waals surface area contributed by atoms with E-state index in [9.17, 15) is 5.11 Å². The number of aliphatic hydroxyl groups is 1. The largest absolute Gasteiger partial charge is 0.480 e. The van der Waals surface area contributed by atoms with E-state index in [2.05, 4.69) is 20.1 Å². The lowest BCUT2D eigenvalue weighted by molar-refractivity contribution is 0.0546. The average Bonchev–Trinajstić information content (AvgIpc) is 3.31. The molecule has 0 bridgehead atoms. The molecule has 0 unspecified atom stereocenters. The molecule has 26 heavy (non-hydrogen) atoms. The summed E-state index contributed by atoms with van der Waals surface area (Å²) in [6, 6.07) is 2.23. The van der Waals surface area contributed by atoms with Crippen molar-refractivity contribution in [3.8, 4) is 23.1 Å². The number of ether oxygens (including phenoxy) is 2. The summed E-state index contributed by atoms with van der Waals surface area (Å²) < 4.78 is 12.2. The van der Waals surface area contributed by atoms with Gasteiger partial charge in [0.2, 0.25) is 5.88 Å². The van der Waals surface area contributed by atoms with Crippen molar-refractivity contribution in [1.29, 1.82) is 0 Å². The SMILES string of the molecule is COc1ncc(-c2cc([C@H]3C[C@@H]3C(C)(C)O)c3nccn3n2)c(OC)n1. The van der Waals surface area contributed by atoms with Crippen LogP contribution >= 0.6 is 0 Å². The number of rotatable bonds is 5. The van der Waals surface area contributed by atoms with Gasteiger partial charge in [0.05, 0.1) is 31.1 Å². The second-order valence-corrected chi connectivity index (χ2v) is 7.06. The van der Waals surface area contributed by atoms with Crippen LogP contribution in [0.5, 0.6) is 11.9 Å². The van der Waals surface area contributed by atoms with E-state index in [-0.39, 0.29) is 17.8 Å². The van der Waals surface area contributed by atoms with Gasteiger partial charge in [-0.25, -0.2) is 14.5 Å². The highest BCUT2D eigenvalue weighted by atomic mass is 16.5. The third-order valence-electron chi connectivity index (χ3n) is 4.87. The van der Waals surface area contributed by atoms with Gasteiger partial charge in [-0.3, -0.25) is 0 Å². The molecule has 1 saturated carbocycles. The lowest BCUT2D eigenvalue weighted by Gasteiger charge is -2.17. The molecule has 1 aliphatic rings. The molecule has 3 heterocycles. The molecule has 8 nitrogen and oxygen atoms in total. The Kier molecular flexibility index (Phi) is 3.80. The number of imidazole rings is 1. The molecule has 8 heteroatoms. The van der Waals surface area contributed by atoms with E-state index in [0.717, 1.165) is 17.6 Å². The van der Waals surface area contributed by atoms with Gasteiger partial charge < -0.3 is 14.6 Å². The van der Waals surface area contributed by atoms with E-state index in [1.165, 1.54) is 7.11 Å². The highest BCUT2D eigenvalue weighted by Crippen LogP contribution is 2.54. The molecule has 0 amide bonds. The summed E-state index contributed by atoms with van der Waals surface area (Å²) in [6.07, 6.45) is 6.09. The molecule has 1 fully saturated rings. The highest BCUT2D eigenvalue weighted by molar-refractivity contribution is 5.67. The summed E-state index contributed by atoms with van der Waals surface area (Å²) >= 11 is 0. The number of fused-ring (bicyclic) bond motifs is 1. The van der Waals surface area contributed by atoms with Crippen molar-refractivity contribution in [3.63, 3.8) is 0 Å². The van der Waals surface area contributed by atoms with Crippen LogP contribution < -0.4 is 9.47 Å². The highest BCUT2D eigenvalue weighted by Gasteiger charge is 2.48. The number of aromatic nitrogens is 5. The van der Waals surface area contributed by atoms with Crippen LogP contribution in [-0.2, 0) is 0 Å². The minimum Gasteiger partial charge on any atom is -0.480 e. The molecule has 0 saturated heterocycles. The minimum absolute atomic E-state index is 0.201. The van der Waals surface area contributed by atoms with Crippen LogP contribution in [0.3, 0.4) is 0 Å². The summed E-state index contributed by atoms with van der Waals surface area (Å²) in [5.74, 6) is 0.837. The van der Waals surface area contributed by atoms with E-state index in [1.54, 1.807) is 30.2 Å². The second kappa shape index (κ2) is 5.91. The van der Waals surface area contributed by atoms with Gasteiger partial charge in [-0.15, -0.1) is 0 Å². The maximum atomic E-state index is 10.3. The number of methoxy groups -OCH3 is 2. The molecule has 0 aliphatic heterocycles. The van der Waals surface area contributed by atoms with E-state index in [0.29, 0.717) is 17.1 Å². The topological polar surface area (TPSA) is 94.7 Å². The molecule has 1 aliphatic carbocycles. The summed E-state index contributed by atoms with van der Waals surface area (Å²) in [5, 5.41) is 15.0. The van der Waals surface area contributed by atoms with Gasteiger partial charge in [-0.05, 0) is 38.2 Å². The predicted molar refractivity (Wildman–Crippen MR) is 94.3 cm³/mol. The first kappa shape index (κ1) is 16.7. The molecule has 0 radical (unpaired) electrons. The van der Waals surface area contributed by atoms with Gasteiger partial charge in [0, 0.05) is 24.2 Å². The fraction of sp³-hybridized carbons (Fsp3) is 0.444.